The number of ketones is 1. The highest BCUT2D eigenvalue weighted by molar-refractivity contribution is 6.35. The van der Waals surface area contributed by atoms with E-state index < -0.39 is 5.91 Å². The Labute approximate surface area is 154 Å². The van der Waals surface area contributed by atoms with Gasteiger partial charge in [-0.05, 0) is 57.6 Å². The second-order valence-electron chi connectivity index (χ2n) is 6.27. The Morgan fingerprint density at radius 1 is 1.28 bits per heavy atom. The highest BCUT2D eigenvalue weighted by atomic mass is 35.5. The molecule has 2 N–H and O–H groups in total. The molecule has 6 heteroatoms. The predicted octanol–water partition coefficient (Wildman–Crippen LogP) is 3.46. The Hall–Kier alpha value is -1.85. The molecule has 1 aromatic rings. The van der Waals surface area contributed by atoms with Gasteiger partial charge in [-0.3, -0.25) is 9.59 Å². The summed E-state index contributed by atoms with van der Waals surface area (Å²) in [6, 6.07) is 5.07. The quantitative estimate of drug-likeness (QED) is 0.548. The number of amides is 1. The Kier molecular flexibility index (Phi) is 7.02. The zero-order valence-corrected chi connectivity index (χ0v) is 15.8. The van der Waals surface area contributed by atoms with Crippen molar-refractivity contribution in [3.63, 3.8) is 0 Å². The summed E-state index contributed by atoms with van der Waals surface area (Å²) in [5, 5.41) is 6.38. The first kappa shape index (κ1) is 19.5. The van der Waals surface area contributed by atoms with Crippen molar-refractivity contribution in [1.82, 2.24) is 10.2 Å². The van der Waals surface area contributed by atoms with Crippen LogP contribution in [0.5, 0.6) is 0 Å². The topological polar surface area (TPSA) is 61.4 Å². The van der Waals surface area contributed by atoms with E-state index in [-0.39, 0.29) is 17.4 Å². The van der Waals surface area contributed by atoms with E-state index >= 15 is 0 Å². The number of rotatable bonds is 8. The van der Waals surface area contributed by atoms with Crippen LogP contribution in [0.1, 0.15) is 44.0 Å². The number of nitrogens with zero attached hydrogens (tertiary/aromatic N) is 1. The van der Waals surface area contributed by atoms with Crippen LogP contribution in [-0.4, -0.2) is 42.3 Å². The van der Waals surface area contributed by atoms with Gasteiger partial charge in [0.2, 0.25) is 5.78 Å². The van der Waals surface area contributed by atoms with Gasteiger partial charge >= 0.3 is 0 Å². The van der Waals surface area contributed by atoms with Gasteiger partial charge in [-0.25, -0.2) is 0 Å². The Balaban J connectivity index is 1.95. The maximum atomic E-state index is 12.5. The van der Waals surface area contributed by atoms with Crippen molar-refractivity contribution in [1.29, 1.82) is 0 Å². The number of benzene rings is 1. The number of anilines is 1. The van der Waals surface area contributed by atoms with Crippen molar-refractivity contribution in [3.8, 4) is 0 Å². The van der Waals surface area contributed by atoms with Gasteiger partial charge in [0.25, 0.3) is 5.91 Å². The van der Waals surface area contributed by atoms with Crippen molar-refractivity contribution >= 4 is 29.0 Å². The summed E-state index contributed by atoms with van der Waals surface area (Å²) in [7, 11) is 0. The summed E-state index contributed by atoms with van der Waals surface area (Å²) in [4.78, 5) is 27.1. The van der Waals surface area contributed by atoms with Crippen molar-refractivity contribution in [2.24, 2.45) is 0 Å². The van der Waals surface area contributed by atoms with Crippen molar-refractivity contribution < 1.29 is 9.59 Å². The van der Waals surface area contributed by atoms with Gasteiger partial charge in [0.15, 0.2) is 0 Å². The van der Waals surface area contributed by atoms with Crippen LogP contribution >= 0.6 is 11.6 Å². The van der Waals surface area contributed by atoms with Gasteiger partial charge in [-0.1, -0.05) is 25.4 Å². The number of halogens is 1. The van der Waals surface area contributed by atoms with Crippen LogP contribution in [0.4, 0.5) is 5.69 Å². The third-order valence-corrected chi connectivity index (χ3v) is 4.72. The second kappa shape index (κ2) is 9.02. The molecule has 0 aromatic heterocycles. The molecule has 25 heavy (non-hydrogen) atoms. The Morgan fingerprint density at radius 2 is 2.00 bits per heavy atom. The molecule has 1 heterocycles. The lowest BCUT2D eigenvalue weighted by atomic mass is 9.97. The average Bonchev–Trinajstić information content (AvgIpc) is 2.58. The van der Waals surface area contributed by atoms with Gasteiger partial charge in [0.05, 0.1) is 5.69 Å². The molecule has 1 aromatic carbocycles. The minimum atomic E-state index is -0.400. The molecule has 0 radical (unpaired) electrons. The third kappa shape index (κ3) is 5.06. The van der Waals surface area contributed by atoms with Crippen LogP contribution in [-0.2, 0) is 4.79 Å². The van der Waals surface area contributed by atoms with Crippen LogP contribution in [0, 0.1) is 0 Å². The molecule has 2 rings (SSSR count). The molecule has 1 aliphatic rings. The highest BCUT2D eigenvalue weighted by Gasteiger charge is 2.28. The number of hydrogen-bond donors (Lipinski definition) is 2. The van der Waals surface area contributed by atoms with Gasteiger partial charge in [-0.2, -0.15) is 0 Å². The minimum Gasteiger partial charge on any atom is -0.388 e. The lowest BCUT2D eigenvalue weighted by Crippen LogP contribution is -2.31. The third-order valence-electron chi connectivity index (χ3n) is 4.48. The van der Waals surface area contributed by atoms with E-state index in [0.29, 0.717) is 16.3 Å². The number of hydrogen-bond acceptors (Lipinski definition) is 4. The molecule has 136 valence electrons. The normalized spacial score (nSPS) is 16.8. The summed E-state index contributed by atoms with van der Waals surface area (Å²) in [5.41, 5.74) is 1.06. The van der Waals surface area contributed by atoms with E-state index in [2.05, 4.69) is 36.3 Å². The summed E-state index contributed by atoms with van der Waals surface area (Å²) in [6.45, 7) is 9.55. The monoisotopic (exact) mass is 363 g/mol. The highest BCUT2D eigenvalue weighted by Crippen LogP contribution is 2.27. The first-order valence-electron chi connectivity index (χ1n) is 8.80. The Bertz CT molecular complexity index is 669. The molecule has 1 amide bonds. The molecule has 0 saturated carbocycles. The van der Waals surface area contributed by atoms with Gasteiger partial charge in [-0.15, -0.1) is 0 Å². The molecule has 1 aliphatic heterocycles. The van der Waals surface area contributed by atoms with Crippen molar-refractivity contribution in [2.45, 2.75) is 39.7 Å². The molecule has 0 saturated heterocycles. The van der Waals surface area contributed by atoms with E-state index in [4.69, 9.17) is 11.6 Å². The number of nitrogens with one attached hydrogen (secondary N) is 2. The second-order valence-corrected chi connectivity index (χ2v) is 6.70. The summed E-state index contributed by atoms with van der Waals surface area (Å²) >= 11 is 5.91. The fraction of sp³-hybridized carbons (Fsp3) is 0.474. The van der Waals surface area contributed by atoms with Gasteiger partial charge in [0, 0.05) is 22.8 Å². The van der Waals surface area contributed by atoms with Gasteiger partial charge in [0.1, 0.15) is 5.57 Å². The van der Waals surface area contributed by atoms with Gasteiger partial charge < -0.3 is 15.5 Å². The van der Waals surface area contributed by atoms with Crippen LogP contribution in [0.3, 0.4) is 0 Å². The maximum Gasteiger partial charge on any atom is 0.261 e. The number of fused-ring (bicyclic) bond motifs is 1. The van der Waals surface area contributed by atoms with Crippen molar-refractivity contribution in [2.75, 3.05) is 25.0 Å². The smallest absolute Gasteiger partial charge is 0.261 e. The molecule has 1 atom stereocenters. The fourth-order valence-corrected chi connectivity index (χ4v) is 3.03. The van der Waals surface area contributed by atoms with E-state index in [0.717, 1.165) is 32.5 Å². The SMILES string of the molecule is CCN(CC)CCCC(C)N/C=C1\C(=O)Nc2cc(Cl)ccc2C1=O. The molecular formula is C19H26ClN3O2. The van der Waals surface area contributed by atoms with Crippen molar-refractivity contribution in [3.05, 3.63) is 40.6 Å². The number of carbonyl (C=O) groups is 2. The minimum absolute atomic E-state index is 0.130. The largest absolute Gasteiger partial charge is 0.388 e. The van der Waals surface area contributed by atoms with E-state index in [1.54, 1.807) is 18.2 Å². The fourth-order valence-electron chi connectivity index (χ4n) is 2.86. The van der Waals surface area contributed by atoms with E-state index in [9.17, 15) is 9.59 Å². The van der Waals surface area contributed by atoms with Crippen LogP contribution in [0.15, 0.2) is 30.0 Å². The molecule has 0 bridgehead atoms. The summed E-state index contributed by atoms with van der Waals surface area (Å²) < 4.78 is 0. The summed E-state index contributed by atoms with van der Waals surface area (Å²) in [6.07, 6.45) is 3.58. The van der Waals surface area contributed by atoms with Crippen LogP contribution in [0.2, 0.25) is 5.02 Å². The first-order chi connectivity index (χ1) is 12.0. The molecule has 5 nitrogen and oxygen atoms in total. The summed E-state index contributed by atoms with van der Waals surface area (Å²) in [5.74, 6) is -0.680. The lowest BCUT2D eigenvalue weighted by Gasteiger charge is -2.21. The maximum absolute atomic E-state index is 12.5. The molecular weight excluding hydrogens is 338 g/mol. The first-order valence-corrected chi connectivity index (χ1v) is 9.18. The zero-order chi connectivity index (χ0) is 18.4. The van der Waals surface area contributed by atoms with Crippen LogP contribution < -0.4 is 10.6 Å². The lowest BCUT2D eigenvalue weighted by molar-refractivity contribution is -0.112. The number of Topliss-reactive ketones (excluding diaryl/α,β-unsaturated/α-hetero) is 1. The number of carbonyl (C=O) groups excluding carboxylic acids is 2. The molecule has 1 unspecified atom stereocenters. The predicted molar refractivity (Wildman–Crippen MR) is 102 cm³/mol. The molecule has 0 spiro atoms. The zero-order valence-electron chi connectivity index (χ0n) is 15.1. The van der Waals surface area contributed by atoms with E-state index in [1.165, 1.54) is 6.20 Å². The van der Waals surface area contributed by atoms with Crippen LogP contribution in [0.25, 0.3) is 0 Å². The standard InChI is InChI=1S/C19H26ClN3O2/c1-4-23(5-2)10-6-7-13(3)21-12-16-18(24)15-9-8-14(20)11-17(15)22-19(16)25/h8-9,11-13,21H,4-7,10H2,1-3H3,(H,22,25)/b16-12-. The molecule has 0 aliphatic carbocycles. The average molecular weight is 364 g/mol. The van der Waals surface area contributed by atoms with E-state index in [1.807, 2.05) is 0 Å². The Morgan fingerprint density at radius 3 is 2.68 bits per heavy atom. The molecule has 0 fully saturated rings.